The van der Waals surface area contributed by atoms with E-state index < -0.39 is 37.0 Å². The summed E-state index contributed by atoms with van der Waals surface area (Å²) in [5.41, 5.74) is 0. The van der Waals surface area contributed by atoms with E-state index in [1.807, 2.05) is 0 Å². The topological polar surface area (TPSA) is 196 Å². The Balaban J connectivity index is 1.80. The average molecular weight is 802 g/mol. The lowest BCUT2D eigenvalue weighted by atomic mass is 10.1. The van der Waals surface area contributed by atoms with Gasteiger partial charge in [-0.25, -0.2) is 19.5 Å². The van der Waals surface area contributed by atoms with E-state index in [0.29, 0.717) is 25.9 Å². The Bertz CT molecular complexity index is 1230. The first kappa shape index (κ1) is 42.9. The highest BCUT2D eigenvalue weighted by molar-refractivity contribution is 7.54. The van der Waals surface area contributed by atoms with Gasteiger partial charge in [-0.05, 0) is 25.0 Å². The Kier molecular flexibility index (Phi) is 20.8. The summed E-state index contributed by atoms with van der Waals surface area (Å²) < 4.78 is 52.3. The first-order valence-electron chi connectivity index (χ1n) is 15.2. The summed E-state index contributed by atoms with van der Waals surface area (Å²) in [7, 11) is -7.19. The number of furan rings is 2. The van der Waals surface area contributed by atoms with Crippen molar-refractivity contribution in [2.24, 2.45) is 0 Å². The maximum absolute atomic E-state index is 13.8. The molecule has 2 heterocycles. The third-order valence-electron chi connectivity index (χ3n) is 6.76. The summed E-state index contributed by atoms with van der Waals surface area (Å²) in [5.74, 6) is 0.226. The van der Waals surface area contributed by atoms with Crippen LogP contribution in [0.25, 0.3) is 0 Å². The third kappa shape index (κ3) is 14.9. The van der Waals surface area contributed by atoms with Gasteiger partial charge in [0.2, 0.25) is 0 Å². The molecule has 0 aliphatic heterocycles. The molecule has 274 valence electrons. The summed E-state index contributed by atoms with van der Waals surface area (Å²) in [6, 6.07) is 5.19. The van der Waals surface area contributed by atoms with Crippen LogP contribution in [-0.2, 0) is 31.4 Å². The molecule has 2 aromatic rings. The lowest BCUT2D eigenvalue weighted by Crippen LogP contribution is -2.33. The molecule has 0 fully saturated rings. The largest absolute Gasteiger partial charge is 0.433 e. The monoisotopic (exact) mass is 800 g/mol. The summed E-state index contributed by atoms with van der Waals surface area (Å²) >= 11 is 23.7. The van der Waals surface area contributed by atoms with Crippen molar-refractivity contribution in [1.29, 1.82) is 0 Å². The van der Waals surface area contributed by atoms with Crippen molar-refractivity contribution in [3.8, 4) is 0 Å². The van der Waals surface area contributed by atoms with Gasteiger partial charge in [0.05, 0.1) is 12.1 Å². The van der Waals surface area contributed by atoms with E-state index in [1.165, 1.54) is 24.3 Å². The van der Waals surface area contributed by atoms with Crippen molar-refractivity contribution in [3.63, 3.8) is 0 Å². The van der Waals surface area contributed by atoms with Crippen LogP contribution >= 0.6 is 61.7 Å². The molecule has 0 saturated heterocycles. The van der Waals surface area contributed by atoms with Crippen LogP contribution in [-0.4, -0.2) is 82.0 Å². The molecular weight excluding hydrogens is 760 g/mol. The highest BCUT2D eigenvalue weighted by Gasteiger charge is 2.33. The van der Waals surface area contributed by atoms with Crippen molar-refractivity contribution >= 4 is 73.5 Å². The zero-order valence-corrected chi connectivity index (χ0v) is 31.1. The number of hydrogen-bond acceptors (Lipinski definition) is 10. The smallest absolute Gasteiger partial charge is 0.403 e. The summed E-state index contributed by atoms with van der Waals surface area (Å²) in [6.45, 7) is 1.29. The zero-order chi connectivity index (χ0) is 35.4. The van der Waals surface area contributed by atoms with Gasteiger partial charge in [-0.2, -0.15) is 0 Å². The number of nitrogens with zero attached hydrogens (tertiary/aromatic N) is 4. The van der Waals surface area contributed by atoms with Crippen LogP contribution in [0.2, 0.25) is 0 Å². The maximum Gasteiger partial charge on any atom is 0.433 e. The number of halogens is 4. The molecule has 2 rings (SSSR count). The zero-order valence-electron chi connectivity index (χ0n) is 26.3. The molecule has 0 aliphatic carbocycles. The number of rotatable bonds is 29. The molecule has 0 spiro atoms. The van der Waals surface area contributed by atoms with Crippen LogP contribution in [0.15, 0.2) is 33.1 Å². The molecule has 2 unspecified atom stereocenters. The molecule has 16 nitrogen and oxygen atoms in total. The van der Waals surface area contributed by atoms with Crippen LogP contribution in [0, 0.1) is 20.2 Å². The highest BCUT2D eigenvalue weighted by atomic mass is 35.5. The molecule has 0 aromatic carbocycles. The Morgan fingerprint density at radius 1 is 0.625 bits per heavy atom. The van der Waals surface area contributed by atoms with E-state index >= 15 is 0 Å². The molecule has 0 amide bonds. The third-order valence-corrected chi connectivity index (χ3v) is 11.9. The predicted octanol–water partition coefficient (Wildman–Crippen LogP) is 7.72. The first-order chi connectivity index (χ1) is 23.0. The van der Waals surface area contributed by atoms with Crippen LogP contribution < -0.4 is 10.2 Å². The fourth-order valence-electron chi connectivity index (χ4n) is 4.38. The Morgan fingerprint density at radius 3 is 1.25 bits per heavy atom. The highest BCUT2D eigenvalue weighted by Crippen LogP contribution is 2.48. The second-order valence-electron chi connectivity index (χ2n) is 10.2. The van der Waals surface area contributed by atoms with Crippen molar-refractivity contribution < 1.29 is 36.9 Å². The number of unbranched alkanes of at least 4 members (excludes halogenated alkanes) is 5. The van der Waals surface area contributed by atoms with Crippen molar-refractivity contribution in [3.05, 3.63) is 56.0 Å². The van der Waals surface area contributed by atoms with E-state index in [9.17, 15) is 29.4 Å². The van der Waals surface area contributed by atoms with E-state index in [0.717, 1.165) is 25.7 Å². The first-order valence-corrected chi connectivity index (χ1v) is 20.5. The second-order valence-corrected chi connectivity index (χ2v) is 16.1. The minimum atomic E-state index is -3.59. The fourth-order valence-corrected chi connectivity index (χ4v) is 9.52. The van der Waals surface area contributed by atoms with Gasteiger partial charge in [-0.1, -0.05) is 25.7 Å². The standard InChI is InChI=1S/C26H42Cl4N6O10P2/c27-11-17-33(18-12-28)47(41,43-21-23-7-9-25(45-23)35(37)38)31-15-5-3-1-2-4-6-16-32-48(42,34(19-13-29)20-14-30)44-22-24-8-10-26(46-24)36(39)40/h7-10H,1-6,11-22H2,(H,31,41)(H,32,42). The SMILES string of the molecule is O=[N+]([O-])c1ccc(COP(=O)(NCCCCCCCCNP(=O)(OCc2ccc([N+](=O)[O-])o2)N(CCCl)CCCl)N(CCCl)CCCl)o1. The summed E-state index contributed by atoms with van der Waals surface area (Å²) in [6.07, 6.45) is 4.87. The van der Waals surface area contributed by atoms with Crippen molar-refractivity contribution in [2.75, 3.05) is 62.8 Å². The molecule has 0 saturated carbocycles. The second kappa shape index (κ2) is 23.3. The minimum absolute atomic E-state index is 0.160. The van der Waals surface area contributed by atoms with Crippen LogP contribution in [0.5, 0.6) is 0 Å². The Morgan fingerprint density at radius 2 is 0.958 bits per heavy atom. The van der Waals surface area contributed by atoms with Crippen LogP contribution in [0.3, 0.4) is 0 Å². The Labute approximate surface area is 299 Å². The summed E-state index contributed by atoms with van der Waals surface area (Å²) in [5, 5.41) is 27.8. The van der Waals surface area contributed by atoms with Crippen molar-refractivity contribution in [1.82, 2.24) is 19.5 Å². The Hall–Kier alpha value is -1.26. The average Bonchev–Trinajstić information content (AvgIpc) is 3.74. The fraction of sp³-hybridized carbons (Fsp3) is 0.692. The lowest BCUT2D eigenvalue weighted by molar-refractivity contribution is -0.402. The van der Waals surface area contributed by atoms with Gasteiger partial charge < -0.3 is 8.83 Å². The van der Waals surface area contributed by atoms with E-state index in [-0.39, 0.29) is 74.4 Å². The summed E-state index contributed by atoms with van der Waals surface area (Å²) in [4.78, 5) is 20.5. The molecule has 0 radical (unpaired) electrons. The van der Waals surface area contributed by atoms with Crippen LogP contribution in [0.4, 0.5) is 11.8 Å². The van der Waals surface area contributed by atoms with Gasteiger partial charge in [0, 0.05) is 62.8 Å². The number of nitrogens with one attached hydrogen (secondary N) is 2. The lowest BCUT2D eigenvalue weighted by Gasteiger charge is -2.30. The predicted molar refractivity (Wildman–Crippen MR) is 185 cm³/mol. The maximum atomic E-state index is 13.8. The van der Waals surface area contributed by atoms with Crippen LogP contribution in [0.1, 0.15) is 50.0 Å². The molecule has 2 atom stereocenters. The molecule has 22 heteroatoms. The minimum Gasteiger partial charge on any atom is -0.403 e. The molecule has 2 aromatic heterocycles. The quantitative estimate of drug-likeness (QED) is 0.0267. The van der Waals surface area contributed by atoms with Gasteiger partial charge in [0.1, 0.15) is 34.6 Å². The molecule has 0 bridgehead atoms. The van der Waals surface area contributed by atoms with Gasteiger partial charge in [0.15, 0.2) is 0 Å². The molecule has 0 aliphatic rings. The van der Waals surface area contributed by atoms with Gasteiger partial charge in [-0.3, -0.25) is 38.4 Å². The van der Waals surface area contributed by atoms with Crippen molar-refractivity contribution in [2.45, 2.75) is 51.7 Å². The number of alkyl halides is 4. The van der Waals surface area contributed by atoms with E-state index in [1.54, 1.807) is 9.34 Å². The van der Waals surface area contributed by atoms with E-state index in [4.69, 9.17) is 64.3 Å². The van der Waals surface area contributed by atoms with Gasteiger partial charge in [-0.15, -0.1) is 46.4 Å². The normalized spacial score (nSPS) is 14.4. The molecule has 48 heavy (non-hydrogen) atoms. The number of nitro groups is 2. The van der Waals surface area contributed by atoms with Gasteiger partial charge >= 0.3 is 27.1 Å². The molecular formula is C26H42Cl4N6O10P2. The molecule has 2 N–H and O–H groups in total. The van der Waals surface area contributed by atoms with Gasteiger partial charge in [0.25, 0.3) is 0 Å². The van der Waals surface area contributed by atoms with E-state index in [2.05, 4.69) is 10.2 Å². The number of hydrogen-bond donors (Lipinski definition) is 2.